The van der Waals surface area contributed by atoms with Gasteiger partial charge in [0.2, 0.25) is 0 Å². The molecule has 1 heteroatoms. The fraction of sp³-hybridized carbons (Fsp3) is 0.565. The zero-order valence-corrected chi connectivity index (χ0v) is 18.3. The van der Waals surface area contributed by atoms with Crippen molar-refractivity contribution in [2.24, 2.45) is 11.8 Å². The quantitative estimate of drug-likeness (QED) is 0.330. The van der Waals surface area contributed by atoms with Crippen LogP contribution in [-0.2, 0) is 0 Å². The number of allylic oxidation sites excluding steroid dienone is 8. The lowest BCUT2D eigenvalue weighted by molar-refractivity contribution is 0.715. The molecular formula is C23H40S. The molecule has 0 spiro atoms. The van der Waals surface area contributed by atoms with Crippen LogP contribution in [0.3, 0.4) is 0 Å². The van der Waals surface area contributed by atoms with Gasteiger partial charge in [0.25, 0.3) is 0 Å². The Morgan fingerprint density at radius 2 is 1.33 bits per heavy atom. The van der Waals surface area contributed by atoms with Gasteiger partial charge in [-0.3, -0.25) is 0 Å². The van der Waals surface area contributed by atoms with E-state index >= 15 is 0 Å². The molecule has 0 bridgehead atoms. The van der Waals surface area contributed by atoms with Crippen LogP contribution < -0.4 is 0 Å². The molecule has 1 atom stereocenters. The highest BCUT2D eigenvalue weighted by atomic mass is 32.1. The van der Waals surface area contributed by atoms with Crippen molar-refractivity contribution >= 4 is 12.6 Å². The topological polar surface area (TPSA) is 0 Å². The van der Waals surface area contributed by atoms with Crippen molar-refractivity contribution < 1.29 is 0 Å². The molecule has 0 saturated carbocycles. The summed E-state index contributed by atoms with van der Waals surface area (Å²) in [4.78, 5) is 1.26. The molecule has 138 valence electrons. The Morgan fingerprint density at radius 1 is 0.958 bits per heavy atom. The third kappa shape index (κ3) is 13.5. The normalized spacial score (nSPS) is 19.4. The number of rotatable bonds is 0. The molecule has 0 N–H and O–H groups in total. The summed E-state index contributed by atoms with van der Waals surface area (Å²) in [6.07, 6.45) is 10.4. The molecule has 0 fully saturated rings. The first-order valence-electron chi connectivity index (χ1n) is 9.03. The van der Waals surface area contributed by atoms with E-state index in [1.54, 1.807) is 0 Å². The first kappa shape index (κ1) is 25.3. The second kappa shape index (κ2) is 14.4. The molecule has 1 unspecified atom stereocenters. The molecule has 0 nitrogen and oxygen atoms in total. The number of thiol groups is 1. The van der Waals surface area contributed by atoms with Gasteiger partial charge in [-0.15, -0.1) is 25.8 Å². The second-order valence-corrected chi connectivity index (χ2v) is 7.90. The van der Waals surface area contributed by atoms with Gasteiger partial charge >= 0.3 is 0 Å². The van der Waals surface area contributed by atoms with E-state index in [9.17, 15) is 0 Å². The summed E-state index contributed by atoms with van der Waals surface area (Å²) in [6.45, 7) is 23.4. The van der Waals surface area contributed by atoms with E-state index in [1.807, 2.05) is 0 Å². The zero-order valence-electron chi connectivity index (χ0n) is 17.4. The monoisotopic (exact) mass is 348 g/mol. The number of hydrogen-bond donors (Lipinski definition) is 1. The van der Waals surface area contributed by atoms with Crippen molar-refractivity contribution in [3.05, 3.63) is 58.6 Å². The van der Waals surface area contributed by atoms with Crippen LogP contribution in [0.25, 0.3) is 0 Å². The minimum Gasteiger partial charge on any atom is -0.148 e. The Morgan fingerprint density at radius 3 is 1.62 bits per heavy atom. The Bertz CT molecular complexity index is 452. The predicted molar refractivity (Wildman–Crippen MR) is 118 cm³/mol. The van der Waals surface area contributed by atoms with Gasteiger partial charge < -0.3 is 0 Å². The minimum atomic E-state index is 0.677. The van der Waals surface area contributed by atoms with Crippen LogP contribution >= 0.6 is 12.6 Å². The fourth-order valence-electron chi connectivity index (χ4n) is 2.14. The largest absolute Gasteiger partial charge is 0.148 e. The van der Waals surface area contributed by atoms with Gasteiger partial charge in [-0.25, -0.2) is 0 Å². The van der Waals surface area contributed by atoms with E-state index in [1.165, 1.54) is 40.0 Å². The molecule has 2 aliphatic carbocycles. The lowest BCUT2D eigenvalue weighted by Crippen LogP contribution is -2.00. The Kier molecular flexibility index (Phi) is 15.2. The molecular weight excluding hydrogens is 308 g/mol. The van der Waals surface area contributed by atoms with Crippen molar-refractivity contribution in [2.45, 2.75) is 74.7 Å². The van der Waals surface area contributed by atoms with Crippen LogP contribution in [0, 0.1) is 11.8 Å². The fourth-order valence-corrected chi connectivity index (χ4v) is 2.61. The summed E-state index contributed by atoms with van der Waals surface area (Å²) in [7, 11) is 0. The van der Waals surface area contributed by atoms with Gasteiger partial charge in [-0.2, -0.15) is 0 Å². The van der Waals surface area contributed by atoms with Crippen LogP contribution in [0.1, 0.15) is 74.7 Å². The highest BCUT2D eigenvalue weighted by Gasteiger charge is 2.10. The third-order valence-electron chi connectivity index (χ3n) is 3.64. The van der Waals surface area contributed by atoms with Crippen LogP contribution in [0.2, 0.25) is 0 Å². The summed E-state index contributed by atoms with van der Waals surface area (Å²) < 4.78 is 0. The molecule has 0 aromatic heterocycles. The summed E-state index contributed by atoms with van der Waals surface area (Å²) >= 11 is 4.41. The lowest BCUT2D eigenvalue weighted by atomic mass is 9.93. The first-order chi connectivity index (χ1) is 11.1. The molecule has 0 heterocycles. The average molecular weight is 349 g/mol. The smallest absolute Gasteiger partial charge is 0.0147 e. The molecule has 0 aromatic rings. The summed E-state index contributed by atoms with van der Waals surface area (Å²) in [5.41, 5.74) is 5.77. The third-order valence-corrected chi connectivity index (χ3v) is 4.16. The molecule has 2 rings (SSSR count). The van der Waals surface area contributed by atoms with Gasteiger partial charge in [-0.1, -0.05) is 62.6 Å². The van der Waals surface area contributed by atoms with Crippen LogP contribution in [0.4, 0.5) is 0 Å². The van der Waals surface area contributed by atoms with Crippen molar-refractivity contribution in [1.29, 1.82) is 0 Å². The molecule has 0 radical (unpaired) electrons. The molecule has 0 aromatic carbocycles. The molecule has 2 aliphatic rings. The van der Waals surface area contributed by atoms with Crippen molar-refractivity contribution in [1.82, 2.24) is 0 Å². The van der Waals surface area contributed by atoms with E-state index < -0.39 is 0 Å². The maximum atomic E-state index is 4.41. The Hall–Kier alpha value is -0.950. The second-order valence-electron chi connectivity index (χ2n) is 7.36. The minimum absolute atomic E-state index is 0.677. The standard InChI is InChI=1S/C9H14S.C8H12.C4H10.C2H4/c1-6-4-7(2)8(3)9(10)5-6;1-7-3-5-8(2)6-4-7;1-4(2)3;1-2/h4,6,10H,5H2,1-3H3;3,5H,4,6H2,1-2H3;4H,1-3H3;1-2H2. The summed E-state index contributed by atoms with van der Waals surface area (Å²) in [5.74, 6) is 1.51. The molecule has 0 saturated heterocycles. The highest BCUT2D eigenvalue weighted by molar-refractivity contribution is 7.84. The maximum absolute atomic E-state index is 4.41. The summed E-state index contributed by atoms with van der Waals surface area (Å²) in [5, 5.41) is 0. The van der Waals surface area contributed by atoms with Crippen LogP contribution in [0.5, 0.6) is 0 Å². The van der Waals surface area contributed by atoms with E-state index in [-0.39, 0.29) is 0 Å². The van der Waals surface area contributed by atoms with E-state index in [0.717, 1.165) is 12.3 Å². The highest BCUT2D eigenvalue weighted by Crippen LogP contribution is 2.29. The maximum Gasteiger partial charge on any atom is -0.0147 e. The van der Waals surface area contributed by atoms with Crippen LogP contribution in [-0.4, -0.2) is 0 Å². The molecule has 0 amide bonds. The van der Waals surface area contributed by atoms with E-state index in [2.05, 4.69) is 99.4 Å². The first-order valence-corrected chi connectivity index (χ1v) is 9.48. The van der Waals surface area contributed by atoms with E-state index in [0.29, 0.717) is 5.92 Å². The zero-order chi connectivity index (χ0) is 19.3. The molecule has 0 aliphatic heterocycles. The Balaban J connectivity index is 0. The van der Waals surface area contributed by atoms with Gasteiger partial charge in [0.05, 0.1) is 0 Å². The Labute approximate surface area is 157 Å². The number of hydrogen-bond acceptors (Lipinski definition) is 1. The SMILES string of the molecule is C=C.CC(C)C.CC1=CC(C)CC(S)=C1C.CC1=CC=C(C)CC1. The van der Waals surface area contributed by atoms with Gasteiger partial charge in [-0.05, 0) is 69.3 Å². The average Bonchev–Trinajstić information content (AvgIpc) is 2.50. The van der Waals surface area contributed by atoms with Gasteiger partial charge in [0.15, 0.2) is 0 Å². The van der Waals surface area contributed by atoms with Gasteiger partial charge in [0, 0.05) is 0 Å². The molecule has 24 heavy (non-hydrogen) atoms. The van der Waals surface area contributed by atoms with Crippen molar-refractivity contribution in [3.63, 3.8) is 0 Å². The van der Waals surface area contributed by atoms with Crippen molar-refractivity contribution in [3.8, 4) is 0 Å². The lowest BCUT2D eigenvalue weighted by Gasteiger charge is -2.17. The van der Waals surface area contributed by atoms with Crippen molar-refractivity contribution in [2.75, 3.05) is 0 Å². The predicted octanol–water partition coefficient (Wildman–Crippen LogP) is 8.31. The van der Waals surface area contributed by atoms with Gasteiger partial charge in [0.1, 0.15) is 0 Å². The summed E-state index contributed by atoms with van der Waals surface area (Å²) in [6, 6.07) is 0. The van der Waals surface area contributed by atoms with E-state index in [4.69, 9.17) is 0 Å². The van der Waals surface area contributed by atoms with Crippen LogP contribution in [0.15, 0.2) is 58.6 Å².